The SMILES string of the molecule is C=CC(=O)N1CCC(C(=O)Nc2ncnc3ccccc23)C1. The first-order chi connectivity index (χ1) is 10.7. The molecule has 1 aromatic heterocycles. The van der Waals surface area contributed by atoms with Gasteiger partial charge in [-0.3, -0.25) is 9.59 Å². The summed E-state index contributed by atoms with van der Waals surface area (Å²) in [6.07, 6.45) is 3.35. The number of nitrogens with one attached hydrogen (secondary N) is 1. The molecule has 3 rings (SSSR count). The van der Waals surface area contributed by atoms with Crippen molar-refractivity contribution in [3.05, 3.63) is 43.2 Å². The Kier molecular flexibility index (Phi) is 3.82. The molecule has 22 heavy (non-hydrogen) atoms. The van der Waals surface area contributed by atoms with E-state index >= 15 is 0 Å². The van der Waals surface area contributed by atoms with E-state index in [2.05, 4.69) is 21.9 Å². The minimum Gasteiger partial charge on any atom is -0.338 e. The molecule has 2 heterocycles. The van der Waals surface area contributed by atoms with Gasteiger partial charge in [0.2, 0.25) is 11.8 Å². The van der Waals surface area contributed by atoms with Crippen LogP contribution in [0, 0.1) is 5.92 Å². The minimum atomic E-state index is -0.224. The van der Waals surface area contributed by atoms with Gasteiger partial charge in [0, 0.05) is 18.5 Å². The molecule has 1 aromatic carbocycles. The second-order valence-electron chi connectivity index (χ2n) is 5.20. The lowest BCUT2D eigenvalue weighted by Gasteiger charge is -2.14. The van der Waals surface area contributed by atoms with Crippen LogP contribution in [0.15, 0.2) is 43.2 Å². The number of carbonyl (C=O) groups is 2. The number of hydrogen-bond acceptors (Lipinski definition) is 4. The van der Waals surface area contributed by atoms with Gasteiger partial charge in [0.15, 0.2) is 0 Å². The van der Waals surface area contributed by atoms with Crippen molar-refractivity contribution >= 4 is 28.5 Å². The highest BCUT2D eigenvalue weighted by Gasteiger charge is 2.30. The van der Waals surface area contributed by atoms with Crippen LogP contribution in [0.4, 0.5) is 5.82 Å². The van der Waals surface area contributed by atoms with Gasteiger partial charge in [-0.2, -0.15) is 0 Å². The largest absolute Gasteiger partial charge is 0.338 e. The van der Waals surface area contributed by atoms with Crippen LogP contribution >= 0.6 is 0 Å². The van der Waals surface area contributed by atoms with E-state index in [1.165, 1.54) is 12.4 Å². The Bertz CT molecular complexity index is 739. The lowest BCUT2D eigenvalue weighted by atomic mass is 10.1. The summed E-state index contributed by atoms with van der Waals surface area (Å²) in [6, 6.07) is 7.50. The van der Waals surface area contributed by atoms with Crippen molar-refractivity contribution in [3.63, 3.8) is 0 Å². The molecule has 6 heteroatoms. The van der Waals surface area contributed by atoms with Crippen molar-refractivity contribution in [1.29, 1.82) is 0 Å². The van der Waals surface area contributed by atoms with Crippen LogP contribution in [-0.4, -0.2) is 39.8 Å². The van der Waals surface area contributed by atoms with E-state index in [0.717, 1.165) is 10.9 Å². The summed E-state index contributed by atoms with van der Waals surface area (Å²) in [5.74, 6) is 0.0210. The molecule has 2 amide bonds. The van der Waals surface area contributed by atoms with Crippen LogP contribution in [0.25, 0.3) is 10.9 Å². The standard InChI is InChI=1S/C16H16N4O2/c1-2-14(21)20-8-7-11(9-20)16(22)19-15-12-5-3-4-6-13(12)17-10-18-15/h2-6,10-11H,1,7-9H2,(H,17,18,19,22). The molecule has 1 atom stereocenters. The van der Waals surface area contributed by atoms with Crippen molar-refractivity contribution in [2.45, 2.75) is 6.42 Å². The maximum atomic E-state index is 12.4. The molecule has 0 radical (unpaired) electrons. The smallest absolute Gasteiger partial charge is 0.245 e. The van der Waals surface area contributed by atoms with E-state index in [1.807, 2.05) is 24.3 Å². The number of carbonyl (C=O) groups excluding carboxylic acids is 2. The van der Waals surface area contributed by atoms with Gasteiger partial charge >= 0.3 is 0 Å². The summed E-state index contributed by atoms with van der Waals surface area (Å²) in [7, 11) is 0. The van der Waals surface area contributed by atoms with Crippen molar-refractivity contribution in [2.75, 3.05) is 18.4 Å². The molecule has 1 aliphatic rings. The van der Waals surface area contributed by atoms with Crippen molar-refractivity contribution in [1.82, 2.24) is 14.9 Å². The summed E-state index contributed by atoms with van der Waals surface area (Å²) in [5, 5.41) is 3.65. The highest BCUT2D eigenvalue weighted by molar-refractivity contribution is 6.00. The molecule has 112 valence electrons. The molecule has 1 saturated heterocycles. The Balaban J connectivity index is 1.74. The molecule has 2 aromatic rings. The van der Waals surface area contributed by atoms with E-state index in [1.54, 1.807) is 4.90 Å². The molecular formula is C16H16N4O2. The number of nitrogens with zero attached hydrogens (tertiary/aromatic N) is 3. The zero-order chi connectivity index (χ0) is 15.5. The van der Waals surface area contributed by atoms with E-state index in [-0.39, 0.29) is 17.7 Å². The molecule has 1 fully saturated rings. The summed E-state index contributed by atoms with van der Waals surface area (Å²) in [4.78, 5) is 33.9. The fourth-order valence-corrected chi connectivity index (χ4v) is 2.63. The third-order valence-electron chi connectivity index (χ3n) is 3.83. The van der Waals surface area contributed by atoms with Gasteiger partial charge < -0.3 is 10.2 Å². The van der Waals surface area contributed by atoms with Crippen molar-refractivity contribution < 1.29 is 9.59 Å². The number of rotatable bonds is 3. The number of benzene rings is 1. The quantitative estimate of drug-likeness (QED) is 0.873. The number of likely N-dealkylation sites (tertiary alicyclic amines) is 1. The Labute approximate surface area is 127 Å². The third kappa shape index (κ3) is 2.67. The molecule has 6 nitrogen and oxygen atoms in total. The monoisotopic (exact) mass is 296 g/mol. The van der Waals surface area contributed by atoms with E-state index in [0.29, 0.717) is 25.3 Å². The number of amides is 2. The molecule has 0 saturated carbocycles. The Morgan fingerprint density at radius 3 is 2.95 bits per heavy atom. The van der Waals surface area contributed by atoms with Crippen LogP contribution in [0.5, 0.6) is 0 Å². The zero-order valence-corrected chi connectivity index (χ0v) is 12.0. The van der Waals surface area contributed by atoms with Gasteiger partial charge in [0.05, 0.1) is 11.4 Å². The van der Waals surface area contributed by atoms with Gasteiger partial charge in [-0.25, -0.2) is 9.97 Å². The highest BCUT2D eigenvalue weighted by Crippen LogP contribution is 2.22. The lowest BCUT2D eigenvalue weighted by Crippen LogP contribution is -2.30. The van der Waals surface area contributed by atoms with Crippen LogP contribution in [0.2, 0.25) is 0 Å². The Morgan fingerprint density at radius 2 is 2.14 bits per heavy atom. The normalized spacial score (nSPS) is 17.5. The second kappa shape index (κ2) is 5.93. The molecule has 0 spiro atoms. The van der Waals surface area contributed by atoms with Crippen molar-refractivity contribution in [3.8, 4) is 0 Å². The van der Waals surface area contributed by atoms with Crippen molar-refractivity contribution in [2.24, 2.45) is 5.92 Å². The van der Waals surface area contributed by atoms with E-state index in [9.17, 15) is 9.59 Å². The predicted octanol–water partition coefficient (Wildman–Crippen LogP) is 1.60. The maximum absolute atomic E-state index is 12.4. The number of aromatic nitrogens is 2. The van der Waals surface area contributed by atoms with Gasteiger partial charge in [-0.05, 0) is 24.6 Å². The topological polar surface area (TPSA) is 75.2 Å². The van der Waals surface area contributed by atoms with Gasteiger partial charge in [0.1, 0.15) is 12.1 Å². The van der Waals surface area contributed by atoms with Gasteiger partial charge in [-0.1, -0.05) is 18.7 Å². The first-order valence-electron chi connectivity index (χ1n) is 7.11. The Morgan fingerprint density at radius 1 is 1.32 bits per heavy atom. The summed E-state index contributed by atoms with van der Waals surface area (Å²) < 4.78 is 0. The Hall–Kier alpha value is -2.76. The second-order valence-corrected chi connectivity index (χ2v) is 5.20. The minimum absolute atomic E-state index is 0.122. The summed E-state index contributed by atoms with van der Waals surface area (Å²) >= 11 is 0. The van der Waals surface area contributed by atoms with Crippen LogP contribution < -0.4 is 5.32 Å². The highest BCUT2D eigenvalue weighted by atomic mass is 16.2. The van der Waals surface area contributed by atoms with E-state index in [4.69, 9.17) is 0 Å². The number of hydrogen-bond donors (Lipinski definition) is 1. The van der Waals surface area contributed by atoms with Gasteiger partial charge in [0.25, 0.3) is 0 Å². The summed E-state index contributed by atoms with van der Waals surface area (Å²) in [5.41, 5.74) is 0.780. The predicted molar refractivity (Wildman–Crippen MR) is 83.1 cm³/mol. The number of para-hydroxylation sites is 1. The molecular weight excluding hydrogens is 280 g/mol. The first-order valence-corrected chi connectivity index (χ1v) is 7.11. The fourth-order valence-electron chi connectivity index (χ4n) is 2.63. The lowest BCUT2D eigenvalue weighted by molar-refractivity contribution is -0.125. The van der Waals surface area contributed by atoms with Crippen LogP contribution in [0.1, 0.15) is 6.42 Å². The number of fused-ring (bicyclic) bond motifs is 1. The molecule has 1 aliphatic heterocycles. The maximum Gasteiger partial charge on any atom is 0.245 e. The average Bonchev–Trinajstić information content (AvgIpc) is 3.04. The fraction of sp³-hybridized carbons (Fsp3) is 0.250. The first kappa shape index (κ1) is 14.2. The molecule has 0 bridgehead atoms. The molecule has 1 unspecified atom stereocenters. The van der Waals surface area contributed by atoms with E-state index < -0.39 is 0 Å². The number of anilines is 1. The van der Waals surface area contributed by atoms with Crippen LogP contribution in [0.3, 0.4) is 0 Å². The molecule has 1 N–H and O–H groups in total. The zero-order valence-electron chi connectivity index (χ0n) is 12.0. The van der Waals surface area contributed by atoms with Crippen LogP contribution in [-0.2, 0) is 9.59 Å². The van der Waals surface area contributed by atoms with Gasteiger partial charge in [-0.15, -0.1) is 0 Å². The summed E-state index contributed by atoms with van der Waals surface area (Å²) in [6.45, 7) is 4.46. The third-order valence-corrected chi connectivity index (χ3v) is 3.83. The molecule has 0 aliphatic carbocycles. The average molecular weight is 296 g/mol.